The van der Waals surface area contributed by atoms with Crippen molar-refractivity contribution in [3.05, 3.63) is 59.2 Å². The Kier molecular flexibility index (Phi) is 7.30. The van der Waals surface area contributed by atoms with Crippen LogP contribution in [-0.2, 0) is 27.2 Å². The first-order valence-corrected chi connectivity index (χ1v) is 9.96. The number of aliphatic carboxylic acids is 1. The number of carboxylic acid groups (broad SMARTS) is 1. The van der Waals surface area contributed by atoms with Gasteiger partial charge in [-0.15, -0.1) is 0 Å². The van der Waals surface area contributed by atoms with Crippen LogP contribution in [0, 0.1) is 0 Å². The molecule has 8 nitrogen and oxygen atoms in total. The summed E-state index contributed by atoms with van der Waals surface area (Å²) in [7, 11) is -1.22. The zero-order chi connectivity index (χ0) is 22.4. The smallest absolute Gasteiger partial charge is 0.526 e. The minimum absolute atomic E-state index is 0.0877. The molecular weight excluding hydrogens is 403 g/mol. The average Bonchev–Trinajstić information content (AvgIpc) is 2.73. The summed E-state index contributed by atoms with van der Waals surface area (Å²) in [6, 6.07) is 11.8. The van der Waals surface area contributed by atoms with E-state index >= 15 is 0 Å². The van der Waals surface area contributed by atoms with Gasteiger partial charge in [0.1, 0.15) is 22.8 Å². The maximum atomic E-state index is 12.6. The van der Waals surface area contributed by atoms with E-state index in [9.17, 15) is 19.4 Å². The van der Waals surface area contributed by atoms with E-state index < -0.39 is 31.5 Å². The molecule has 0 aromatic heterocycles. The Bertz CT molecular complexity index is 974. The van der Waals surface area contributed by atoms with Gasteiger partial charge in [-0.1, -0.05) is 24.3 Å². The zero-order valence-corrected chi connectivity index (χ0v) is 17.1. The van der Waals surface area contributed by atoms with Gasteiger partial charge in [-0.25, -0.2) is 9.59 Å². The van der Waals surface area contributed by atoms with Gasteiger partial charge in [0.25, 0.3) is 0 Å². The molecule has 0 radical (unpaired) electrons. The van der Waals surface area contributed by atoms with E-state index in [4.69, 9.17) is 19.2 Å². The monoisotopic (exact) mass is 426 g/mol. The lowest BCUT2D eigenvalue weighted by Gasteiger charge is -2.28. The van der Waals surface area contributed by atoms with Gasteiger partial charge in [0, 0.05) is 18.7 Å². The summed E-state index contributed by atoms with van der Waals surface area (Å²) in [4.78, 5) is 35.3. The van der Waals surface area contributed by atoms with Gasteiger partial charge in [-0.3, -0.25) is 4.79 Å². The minimum Gasteiger partial charge on any atom is -0.535 e. The van der Waals surface area contributed by atoms with Crippen LogP contribution in [-0.4, -0.2) is 48.2 Å². The first kappa shape index (κ1) is 22.4. The molecular formula is C22H23BO8. The predicted octanol–water partition coefficient (Wildman–Crippen LogP) is 2.31. The molecule has 0 saturated carbocycles. The average molecular weight is 426 g/mol. The van der Waals surface area contributed by atoms with Crippen molar-refractivity contribution < 1.29 is 38.6 Å². The summed E-state index contributed by atoms with van der Waals surface area (Å²) in [6.45, 7) is 1.47. The van der Waals surface area contributed by atoms with E-state index in [0.717, 1.165) is 5.56 Å². The van der Waals surface area contributed by atoms with Crippen LogP contribution in [0.15, 0.2) is 42.5 Å². The summed E-state index contributed by atoms with van der Waals surface area (Å²) < 4.78 is 15.8. The highest BCUT2D eigenvalue weighted by molar-refractivity contribution is 6.47. The van der Waals surface area contributed by atoms with E-state index in [1.165, 1.54) is 0 Å². The number of rotatable bonds is 9. The lowest BCUT2D eigenvalue weighted by atomic mass is 9.64. The van der Waals surface area contributed by atoms with E-state index in [2.05, 4.69) is 0 Å². The van der Waals surface area contributed by atoms with E-state index in [1.54, 1.807) is 49.4 Å². The largest absolute Gasteiger partial charge is 0.535 e. The van der Waals surface area contributed by atoms with Crippen molar-refractivity contribution in [1.82, 2.24) is 0 Å². The molecule has 0 amide bonds. The highest BCUT2D eigenvalue weighted by Gasteiger charge is 2.37. The molecule has 2 aromatic rings. The van der Waals surface area contributed by atoms with Crippen molar-refractivity contribution in [2.24, 2.45) is 0 Å². The maximum absolute atomic E-state index is 12.6. The highest BCUT2D eigenvalue weighted by Crippen LogP contribution is 2.36. The third-order valence-electron chi connectivity index (χ3n) is 4.87. The molecule has 0 bridgehead atoms. The molecule has 1 atom stereocenters. The summed E-state index contributed by atoms with van der Waals surface area (Å²) in [6.07, 6.45) is 0.588. The van der Waals surface area contributed by atoms with Crippen LogP contribution in [0.3, 0.4) is 0 Å². The number of esters is 1. The molecule has 1 aliphatic heterocycles. The molecule has 162 valence electrons. The van der Waals surface area contributed by atoms with Crippen molar-refractivity contribution in [3.63, 3.8) is 0 Å². The Morgan fingerprint density at radius 3 is 2.71 bits per heavy atom. The molecule has 0 saturated heterocycles. The number of benzene rings is 2. The fourth-order valence-corrected chi connectivity index (χ4v) is 3.51. The molecule has 0 spiro atoms. The van der Waals surface area contributed by atoms with Gasteiger partial charge in [-0.05, 0) is 42.7 Å². The molecule has 1 heterocycles. The molecule has 1 aliphatic rings. The van der Waals surface area contributed by atoms with Crippen molar-refractivity contribution in [1.29, 1.82) is 0 Å². The summed E-state index contributed by atoms with van der Waals surface area (Å²) in [5.41, 5.74) is 1.67. The Morgan fingerprint density at radius 1 is 1.19 bits per heavy atom. The second-order valence-corrected chi connectivity index (χ2v) is 7.24. The van der Waals surface area contributed by atoms with Crippen LogP contribution >= 0.6 is 0 Å². The van der Waals surface area contributed by atoms with Crippen molar-refractivity contribution in [2.75, 3.05) is 13.2 Å². The molecule has 3 rings (SSSR count). The molecule has 0 aliphatic carbocycles. The maximum Gasteiger partial charge on any atom is 0.526 e. The van der Waals surface area contributed by atoms with Crippen molar-refractivity contribution in [2.45, 2.75) is 32.0 Å². The van der Waals surface area contributed by atoms with Gasteiger partial charge < -0.3 is 24.3 Å². The Morgan fingerprint density at radius 2 is 1.97 bits per heavy atom. The van der Waals surface area contributed by atoms with Crippen LogP contribution in [0.5, 0.6) is 11.5 Å². The minimum atomic E-state index is -1.22. The van der Waals surface area contributed by atoms with Gasteiger partial charge in [0.15, 0.2) is 6.61 Å². The Hall–Kier alpha value is -3.33. The number of carbonyl (C=O) groups excluding carboxylic acids is 2. The number of carbonyl (C=O) groups is 3. The fraction of sp³-hybridized carbons (Fsp3) is 0.318. The second-order valence-electron chi connectivity index (χ2n) is 7.24. The van der Waals surface area contributed by atoms with Crippen LogP contribution < -0.4 is 9.39 Å². The number of fused-ring (bicyclic) bond motifs is 1. The number of hydrogen-bond donors (Lipinski definition) is 2. The van der Waals surface area contributed by atoms with Crippen molar-refractivity contribution in [3.8, 4) is 11.5 Å². The van der Waals surface area contributed by atoms with Gasteiger partial charge in [-0.2, -0.15) is 0 Å². The molecule has 0 fully saturated rings. The number of hydrogen-bond acceptors (Lipinski definition) is 7. The van der Waals surface area contributed by atoms with Gasteiger partial charge in [0.2, 0.25) is 0 Å². The molecule has 31 heavy (non-hydrogen) atoms. The lowest BCUT2D eigenvalue weighted by Crippen LogP contribution is -2.36. The van der Waals surface area contributed by atoms with E-state index in [-0.39, 0.29) is 30.8 Å². The Labute approximate surface area is 179 Å². The topological polar surface area (TPSA) is 119 Å². The summed E-state index contributed by atoms with van der Waals surface area (Å²) >= 11 is 0. The molecule has 2 aromatic carbocycles. The predicted molar refractivity (Wildman–Crippen MR) is 111 cm³/mol. The molecule has 9 heteroatoms. The number of Topliss-reactive ketones (excluding diaryl/α,β-unsaturated/α-hetero) is 1. The van der Waals surface area contributed by atoms with Crippen molar-refractivity contribution >= 4 is 24.8 Å². The summed E-state index contributed by atoms with van der Waals surface area (Å²) in [5, 5.41) is 19.1. The molecule has 2 N–H and O–H groups in total. The number of carboxylic acids is 1. The van der Waals surface area contributed by atoms with Crippen LogP contribution in [0.4, 0.5) is 0 Å². The number of ketones is 1. The normalized spacial score (nSPS) is 14.9. The lowest BCUT2D eigenvalue weighted by molar-refractivity contribution is -0.139. The third-order valence-corrected chi connectivity index (χ3v) is 4.87. The zero-order valence-electron chi connectivity index (χ0n) is 17.1. The van der Waals surface area contributed by atoms with E-state index in [1.807, 2.05) is 0 Å². The van der Waals surface area contributed by atoms with Crippen LogP contribution in [0.2, 0.25) is 5.82 Å². The number of ether oxygens (including phenoxy) is 2. The first-order chi connectivity index (χ1) is 14.9. The van der Waals surface area contributed by atoms with Crippen LogP contribution in [0.1, 0.15) is 34.8 Å². The fourth-order valence-electron chi connectivity index (χ4n) is 3.51. The van der Waals surface area contributed by atoms with Gasteiger partial charge in [0.05, 0.1) is 6.61 Å². The molecule has 0 unspecified atom stereocenters. The van der Waals surface area contributed by atoms with E-state index in [0.29, 0.717) is 23.5 Å². The summed E-state index contributed by atoms with van der Waals surface area (Å²) in [5.74, 6) is -1.50. The Balaban J connectivity index is 1.64. The highest BCUT2D eigenvalue weighted by atomic mass is 16.5. The standard InChI is InChI=1S/C22H23BO8/c1-2-29-22(27)19-8-4-6-15-11-16(23(28)31-21(15)19)12-17(24)9-14-5-3-7-18(10-14)30-13-20(25)26/h3-8,10,16,28H,2,9,11-13H2,1H3,(H,25,26)/t16-/m1/s1. The number of para-hydroxylation sites is 1. The SMILES string of the molecule is CCOC(=O)c1cccc2c1OB(O)[C@@H](CC(=O)Cc1cccc(OCC(=O)O)c1)C2. The van der Waals surface area contributed by atoms with Crippen LogP contribution in [0.25, 0.3) is 0 Å². The first-order valence-electron chi connectivity index (χ1n) is 9.96. The quantitative estimate of drug-likeness (QED) is 0.463. The third kappa shape index (κ3) is 5.85. The second kappa shape index (κ2) is 10.1. The van der Waals surface area contributed by atoms with Gasteiger partial charge >= 0.3 is 19.1 Å².